The normalized spacial score (nSPS) is 17.4. The van der Waals surface area contributed by atoms with Gasteiger partial charge in [0.25, 0.3) is 0 Å². The molecule has 0 aromatic heterocycles. The summed E-state index contributed by atoms with van der Waals surface area (Å²) >= 11 is 0. The van der Waals surface area contributed by atoms with Gasteiger partial charge in [-0.2, -0.15) is 0 Å². The topological polar surface area (TPSA) is 105 Å². The molecule has 1 heterocycles. The molecule has 7 nitrogen and oxygen atoms in total. The zero-order chi connectivity index (χ0) is 15.0. The lowest BCUT2D eigenvalue weighted by molar-refractivity contribution is 0.0476. The molecule has 1 aromatic carbocycles. The molecule has 1 fully saturated rings. The third-order valence-corrected chi connectivity index (χ3v) is 4.20. The number of sulfonamides is 1. The third-order valence-electron chi connectivity index (χ3n) is 3.31. The molecule has 114 valence electrons. The highest BCUT2D eigenvalue weighted by atomic mass is 32.2. The van der Waals surface area contributed by atoms with Gasteiger partial charge < -0.3 is 14.2 Å². The van der Waals surface area contributed by atoms with Crippen molar-refractivity contribution in [1.82, 2.24) is 0 Å². The molecule has 0 amide bonds. The Bertz CT molecular complexity index is 680. The summed E-state index contributed by atoms with van der Waals surface area (Å²) in [5, 5.41) is 5.11. The number of benzene rings is 1. The van der Waals surface area contributed by atoms with Gasteiger partial charge in [0, 0.05) is 6.07 Å². The minimum Gasteiger partial charge on any atom is -0.486 e. The summed E-state index contributed by atoms with van der Waals surface area (Å²) in [7, 11) is -3.95. The molecule has 0 saturated heterocycles. The molecular formula is C13H15NO6S. The van der Waals surface area contributed by atoms with E-state index in [4.69, 9.17) is 19.3 Å². The molecule has 0 bridgehead atoms. The Hall–Kier alpha value is -1.80. The highest BCUT2D eigenvalue weighted by Crippen LogP contribution is 2.37. The second-order valence-electron chi connectivity index (χ2n) is 5.08. The predicted octanol–water partition coefficient (Wildman–Crippen LogP) is 0.672. The van der Waals surface area contributed by atoms with Crippen molar-refractivity contribution in [2.24, 2.45) is 11.1 Å². The number of carbonyl (C=O) groups is 1. The van der Waals surface area contributed by atoms with Gasteiger partial charge in [0.2, 0.25) is 10.0 Å². The number of esters is 1. The largest absolute Gasteiger partial charge is 0.486 e. The Balaban J connectivity index is 1.97. The minimum atomic E-state index is -3.95. The first kappa shape index (κ1) is 14.2. The predicted molar refractivity (Wildman–Crippen MR) is 71.8 cm³/mol. The van der Waals surface area contributed by atoms with Crippen molar-refractivity contribution < 1.29 is 27.4 Å². The van der Waals surface area contributed by atoms with Gasteiger partial charge in [-0.15, -0.1) is 0 Å². The van der Waals surface area contributed by atoms with Crippen molar-refractivity contribution in [2.45, 2.75) is 17.7 Å². The first-order valence-electron chi connectivity index (χ1n) is 6.59. The number of ether oxygens (including phenoxy) is 3. The summed E-state index contributed by atoms with van der Waals surface area (Å²) in [6.45, 7) is 0.885. The van der Waals surface area contributed by atoms with Crippen molar-refractivity contribution in [3.8, 4) is 11.5 Å². The maximum absolute atomic E-state index is 12.1. The molecular weight excluding hydrogens is 298 g/mol. The van der Waals surface area contributed by atoms with Gasteiger partial charge in [-0.1, -0.05) is 0 Å². The Morgan fingerprint density at radius 3 is 2.67 bits per heavy atom. The average Bonchev–Trinajstić information content (AvgIpc) is 3.26. The maximum atomic E-state index is 12.1. The molecule has 0 unspecified atom stereocenters. The lowest BCUT2D eigenvalue weighted by Crippen LogP contribution is -2.21. The van der Waals surface area contributed by atoms with Crippen LogP contribution in [0.3, 0.4) is 0 Å². The van der Waals surface area contributed by atoms with Gasteiger partial charge in [-0.25, -0.2) is 18.4 Å². The van der Waals surface area contributed by atoms with Crippen LogP contribution in [-0.4, -0.2) is 34.2 Å². The van der Waals surface area contributed by atoms with E-state index in [-0.39, 0.29) is 35.2 Å². The Labute approximate surface area is 122 Å². The smallest absolute Gasteiger partial charge is 0.342 e. The van der Waals surface area contributed by atoms with Crippen molar-refractivity contribution in [3.05, 3.63) is 17.7 Å². The van der Waals surface area contributed by atoms with Crippen molar-refractivity contribution in [3.63, 3.8) is 0 Å². The zero-order valence-electron chi connectivity index (χ0n) is 11.2. The van der Waals surface area contributed by atoms with Gasteiger partial charge in [0.05, 0.1) is 11.5 Å². The van der Waals surface area contributed by atoms with E-state index < -0.39 is 16.0 Å². The first-order valence-corrected chi connectivity index (χ1v) is 8.13. The van der Waals surface area contributed by atoms with E-state index in [0.717, 1.165) is 18.9 Å². The quantitative estimate of drug-likeness (QED) is 0.819. The summed E-state index contributed by atoms with van der Waals surface area (Å²) in [6, 6.07) is 2.42. The van der Waals surface area contributed by atoms with Crippen molar-refractivity contribution >= 4 is 16.0 Å². The van der Waals surface area contributed by atoms with E-state index in [9.17, 15) is 13.2 Å². The zero-order valence-corrected chi connectivity index (χ0v) is 12.0. The second kappa shape index (κ2) is 5.19. The van der Waals surface area contributed by atoms with Crippen LogP contribution < -0.4 is 14.6 Å². The van der Waals surface area contributed by atoms with Crippen molar-refractivity contribution in [2.75, 3.05) is 19.8 Å². The molecule has 8 heteroatoms. The molecule has 21 heavy (non-hydrogen) atoms. The Morgan fingerprint density at radius 1 is 1.29 bits per heavy atom. The van der Waals surface area contributed by atoms with E-state index in [2.05, 4.69) is 0 Å². The molecule has 1 aromatic rings. The average molecular weight is 313 g/mol. The van der Waals surface area contributed by atoms with Crippen molar-refractivity contribution in [1.29, 1.82) is 0 Å². The monoisotopic (exact) mass is 313 g/mol. The number of hydrogen-bond donors (Lipinski definition) is 1. The van der Waals surface area contributed by atoms with Gasteiger partial charge >= 0.3 is 5.97 Å². The van der Waals surface area contributed by atoms with Gasteiger partial charge in [-0.05, 0) is 24.8 Å². The summed E-state index contributed by atoms with van der Waals surface area (Å²) < 4.78 is 38.9. The molecule has 2 aliphatic rings. The van der Waals surface area contributed by atoms with Gasteiger partial charge in [-0.3, -0.25) is 0 Å². The summed E-state index contributed by atoms with van der Waals surface area (Å²) in [5.74, 6) is 0.165. The van der Waals surface area contributed by atoms with Crippen LogP contribution in [0.5, 0.6) is 11.5 Å². The number of nitrogens with two attached hydrogens (primary N) is 1. The summed E-state index contributed by atoms with van der Waals surface area (Å²) in [6.07, 6.45) is 2.09. The summed E-state index contributed by atoms with van der Waals surface area (Å²) in [4.78, 5) is 11.9. The van der Waals surface area contributed by atoms with Crippen LogP contribution in [-0.2, 0) is 14.8 Å². The van der Waals surface area contributed by atoms with Crippen LogP contribution in [0.15, 0.2) is 17.0 Å². The molecule has 2 N–H and O–H groups in total. The van der Waals surface area contributed by atoms with Crippen LogP contribution in [0.2, 0.25) is 0 Å². The Kier molecular flexibility index (Phi) is 3.50. The third kappa shape index (κ3) is 3.11. The van der Waals surface area contributed by atoms with E-state index in [1.807, 2.05) is 0 Å². The van der Waals surface area contributed by atoms with E-state index >= 15 is 0 Å². The lowest BCUT2D eigenvalue weighted by Gasteiger charge is -2.21. The van der Waals surface area contributed by atoms with Crippen LogP contribution >= 0.6 is 0 Å². The number of hydrogen-bond acceptors (Lipinski definition) is 6. The second-order valence-corrected chi connectivity index (χ2v) is 6.64. The number of primary sulfonamides is 1. The molecule has 1 aliphatic carbocycles. The van der Waals surface area contributed by atoms with E-state index in [1.54, 1.807) is 0 Å². The van der Waals surface area contributed by atoms with Crippen LogP contribution in [0.1, 0.15) is 23.2 Å². The molecule has 3 rings (SSSR count). The first-order chi connectivity index (χ1) is 9.95. The van der Waals surface area contributed by atoms with Crippen LogP contribution in [0.25, 0.3) is 0 Å². The minimum absolute atomic E-state index is 0.0249. The van der Waals surface area contributed by atoms with E-state index in [1.165, 1.54) is 6.07 Å². The standard InChI is InChI=1S/C13H15NO6S/c14-21(16,17)9-5-10(13(15)20-7-8-1-2-8)12-11(6-9)18-3-4-19-12/h5-6,8H,1-4,7H2,(H2,14,16,17). The SMILES string of the molecule is NS(=O)(=O)c1cc2c(c(C(=O)OCC3CC3)c1)OCCO2. The molecule has 1 saturated carbocycles. The maximum Gasteiger partial charge on any atom is 0.342 e. The fourth-order valence-corrected chi connectivity index (χ4v) is 2.55. The number of rotatable bonds is 4. The highest BCUT2D eigenvalue weighted by Gasteiger charge is 2.28. The van der Waals surface area contributed by atoms with Crippen LogP contribution in [0, 0.1) is 5.92 Å². The molecule has 0 radical (unpaired) electrons. The fourth-order valence-electron chi connectivity index (χ4n) is 2.00. The molecule has 0 spiro atoms. The number of carbonyl (C=O) groups excluding carboxylic acids is 1. The Morgan fingerprint density at radius 2 is 2.00 bits per heavy atom. The molecule has 0 atom stereocenters. The lowest BCUT2D eigenvalue weighted by atomic mass is 10.1. The number of fused-ring (bicyclic) bond motifs is 1. The fraction of sp³-hybridized carbons (Fsp3) is 0.462. The summed E-state index contributed by atoms with van der Waals surface area (Å²) in [5.41, 5.74) is 0.0249. The highest BCUT2D eigenvalue weighted by molar-refractivity contribution is 7.89. The van der Waals surface area contributed by atoms with E-state index in [0.29, 0.717) is 12.5 Å². The molecule has 1 aliphatic heterocycles. The van der Waals surface area contributed by atoms with Gasteiger partial charge in [0.15, 0.2) is 11.5 Å². The van der Waals surface area contributed by atoms with Crippen LogP contribution in [0.4, 0.5) is 0 Å². The van der Waals surface area contributed by atoms with Gasteiger partial charge in [0.1, 0.15) is 18.8 Å².